The zero-order valence-electron chi connectivity index (χ0n) is 8.95. The van der Waals surface area contributed by atoms with Crippen LogP contribution < -0.4 is 9.80 Å². The highest BCUT2D eigenvalue weighted by Crippen LogP contribution is 2.13. The lowest BCUT2D eigenvalue weighted by molar-refractivity contribution is -0.751. The summed E-state index contributed by atoms with van der Waals surface area (Å²) in [6.45, 7) is 1.92. The molecule has 0 spiro atoms. The first kappa shape index (κ1) is 11.7. The van der Waals surface area contributed by atoms with E-state index in [4.69, 9.17) is 4.74 Å². The molecule has 0 aromatic heterocycles. The molecule has 15 heavy (non-hydrogen) atoms. The maximum Gasteiger partial charge on any atom is 0.311 e. The second kappa shape index (κ2) is 5.48. The lowest BCUT2D eigenvalue weighted by Crippen LogP contribution is -2.98. The molecule has 0 aliphatic rings. The smallest absolute Gasteiger partial charge is 0.311 e. The normalized spacial score (nSPS) is 12.2. The summed E-state index contributed by atoms with van der Waals surface area (Å²) in [5.41, 5.74) is 0.616. The van der Waals surface area contributed by atoms with Gasteiger partial charge in [-0.15, -0.1) is 0 Å². The summed E-state index contributed by atoms with van der Waals surface area (Å²) in [7, 11) is 1.50. The summed E-state index contributed by atoms with van der Waals surface area (Å²) in [4.78, 5) is 11.1. The topological polar surface area (TPSA) is 53.8 Å². The van der Waals surface area contributed by atoms with E-state index in [1.165, 1.54) is 7.05 Å². The van der Waals surface area contributed by atoms with Crippen LogP contribution in [0, 0.1) is 5.21 Å². The van der Waals surface area contributed by atoms with Crippen molar-refractivity contribution in [3.63, 3.8) is 0 Å². The average Bonchev–Trinajstić information content (AvgIpc) is 2.18. The predicted molar refractivity (Wildman–Crippen MR) is 56.9 cm³/mol. The minimum Gasteiger partial charge on any atom is -0.629 e. The first-order valence-corrected chi connectivity index (χ1v) is 4.95. The molecule has 82 valence electrons. The summed E-state index contributed by atoms with van der Waals surface area (Å²) < 4.78 is 5.04. The lowest BCUT2D eigenvalue weighted by atomic mass is 10.3. The average molecular weight is 209 g/mol. The van der Waals surface area contributed by atoms with Gasteiger partial charge >= 0.3 is 5.97 Å². The third-order valence-electron chi connectivity index (χ3n) is 1.95. The van der Waals surface area contributed by atoms with Gasteiger partial charge in [0, 0.05) is 18.6 Å². The molecule has 0 saturated carbocycles. The van der Waals surface area contributed by atoms with Crippen molar-refractivity contribution in [2.45, 2.75) is 19.8 Å². The van der Waals surface area contributed by atoms with Crippen molar-refractivity contribution in [2.24, 2.45) is 0 Å². The van der Waals surface area contributed by atoms with Crippen molar-refractivity contribution >= 4 is 11.7 Å². The van der Waals surface area contributed by atoms with E-state index in [1.54, 1.807) is 24.3 Å². The van der Waals surface area contributed by atoms with Gasteiger partial charge in [0.05, 0.1) is 7.05 Å². The highest BCUT2D eigenvalue weighted by atomic mass is 16.5. The van der Waals surface area contributed by atoms with Gasteiger partial charge in [0.2, 0.25) is 0 Å². The van der Waals surface area contributed by atoms with E-state index in [1.807, 2.05) is 6.92 Å². The van der Waals surface area contributed by atoms with Crippen LogP contribution in [0.15, 0.2) is 24.3 Å². The minimum atomic E-state index is -0.243. The molecule has 0 saturated heterocycles. The zero-order chi connectivity index (χ0) is 11.3. The third kappa shape index (κ3) is 3.69. The van der Waals surface area contributed by atoms with Crippen molar-refractivity contribution in [3.05, 3.63) is 29.5 Å². The molecule has 0 amide bonds. The first-order chi connectivity index (χ1) is 7.13. The number of hydrogen-bond donors (Lipinski definition) is 1. The standard InChI is InChI=1S/C11H15NO3/c1-3-4-11(13)15-10-7-5-9(6-8-10)12(2)14/h5-8,12H,3-4H2,1-2H3. The number of ether oxygens (including phenoxy) is 1. The van der Waals surface area contributed by atoms with Gasteiger partial charge in [-0.25, -0.2) is 0 Å². The van der Waals surface area contributed by atoms with E-state index >= 15 is 0 Å². The van der Waals surface area contributed by atoms with Gasteiger partial charge < -0.3 is 15.0 Å². The van der Waals surface area contributed by atoms with Gasteiger partial charge in [-0.05, 0) is 18.6 Å². The van der Waals surface area contributed by atoms with Crippen molar-refractivity contribution < 1.29 is 14.6 Å². The summed E-state index contributed by atoms with van der Waals surface area (Å²) in [5, 5.41) is 11.0. The molecule has 1 rings (SSSR count). The van der Waals surface area contributed by atoms with Gasteiger partial charge in [-0.2, -0.15) is 0 Å². The minimum absolute atomic E-state index is 0.00133. The van der Waals surface area contributed by atoms with Crippen LogP contribution in [-0.2, 0) is 4.79 Å². The molecule has 1 unspecified atom stereocenters. The molecule has 1 aromatic carbocycles. The molecule has 0 aliphatic carbocycles. The maximum absolute atomic E-state index is 11.1. The molecule has 0 radical (unpaired) electrons. The monoisotopic (exact) mass is 209 g/mol. The Labute approximate surface area is 89.0 Å². The fourth-order valence-corrected chi connectivity index (χ4v) is 1.14. The highest BCUT2D eigenvalue weighted by Gasteiger charge is 2.03. The van der Waals surface area contributed by atoms with Crippen LogP contribution in [0.1, 0.15) is 19.8 Å². The number of hydrogen-bond acceptors (Lipinski definition) is 3. The molecule has 1 aromatic rings. The summed E-state index contributed by atoms with van der Waals surface area (Å²) in [6.07, 6.45) is 1.18. The molecule has 4 heteroatoms. The van der Waals surface area contributed by atoms with Gasteiger partial charge in [-0.1, -0.05) is 6.92 Å². The molecule has 1 atom stereocenters. The Balaban J connectivity index is 2.60. The molecule has 0 bridgehead atoms. The number of carbonyl (C=O) groups excluding carboxylic acids is 1. The Morgan fingerprint density at radius 2 is 2.00 bits per heavy atom. The van der Waals surface area contributed by atoms with Crippen LogP contribution >= 0.6 is 0 Å². The van der Waals surface area contributed by atoms with E-state index < -0.39 is 0 Å². The van der Waals surface area contributed by atoms with Crippen molar-refractivity contribution in [1.82, 2.24) is 0 Å². The maximum atomic E-state index is 11.1. The zero-order valence-corrected chi connectivity index (χ0v) is 8.95. The van der Waals surface area contributed by atoms with Crippen molar-refractivity contribution in [2.75, 3.05) is 7.05 Å². The number of nitrogens with one attached hydrogen (secondary N) is 1. The van der Waals surface area contributed by atoms with Crippen LogP contribution in [0.25, 0.3) is 0 Å². The SMILES string of the molecule is CCCC(=O)Oc1ccc([NH+](C)[O-])cc1. The fourth-order valence-electron chi connectivity index (χ4n) is 1.14. The predicted octanol–water partition coefficient (Wildman–Crippen LogP) is 1.04. The summed E-state index contributed by atoms with van der Waals surface area (Å²) in [5.74, 6) is 0.242. The highest BCUT2D eigenvalue weighted by molar-refractivity contribution is 5.72. The van der Waals surface area contributed by atoms with E-state index in [2.05, 4.69) is 0 Å². The molecule has 0 fully saturated rings. The van der Waals surface area contributed by atoms with E-state index in [0.29, 0.717) is 17.9 Å². The Hall–Kier alpha value is -1.39. The summed E-state index contributed by atoms with van der Waals surface area (Å²) >= 11 is 0. The number of quaternary nitrogens is 1. The van der Waals surface area contributed by atoms with Crippen LogP contribution in [0.3, 0.4) is 0 Å². The van der Waals surface area contributed by atoms with E-state index in [-0.39, 0.29) is 11.0 Å². The van der Waals surface area contributed by atoms with Crippen molar-refractivity contribution in [3.8, 4) is 5.75 Å². The largest absolute Gasteiger partial charge is 0.629 e. The Morgan fingerprint density at radius 1 is 1.40 bits per heavy atom. The van der Waals surface area contributed by atoms with Gasteiger partial charge in [0.15, 0.2) is 0 Å². The molecule has 4 nitrogen and oxygen atoms in total. The van der Waals surface area contributed by atoms with Gasteiger partial charge in [0.1, 0.15) is 11.4 Å². The fraction of sp³-hybridized carbons (Fsp3) is 0.364. The molecule has 0 aliphatic heterocycles. The number of rotatable bonds is 4. The van der Waals surface area contributed by atoms with Crippen LogP contribution in [0.5, 0.6) is 5.75 Å². The number of hydroxylamine groups is 1. The van der Waals surface area contributed by atoms with Crippen LogP contribution in [-0.4, -0.2) is 13.0 Å². The van der Waals surface area contributed by atoms with Crippen LogP contribution in [0.4, 0.5) is 5.69 Å². The van der Waals surface area contributed by atoms with E-state index in [9.17, 15) is 10.0 Å². The first-order valence-electron chi connectivity index (χ1n) is 4.95. The van der Waals surface area contributed by atoms with E-state index in [0.717, 1.165) is 6.42 Å². The van der Waals surface area contributed by atoms with Crippen molar-refractivity contribution in [1.29, 1.82) is 0 Å². The Bertz CT molecular complexity index is 319. The second-order valence-corrected chi connectivity index (χ2v) is 3.30. The third-order valence-corrected chi connectivity index (χ3v) is 1.95. The Kier molecular flexibility index (Phi) is 4.27. The number of esters is 1. The van der Waals surface area contributed by atoms with Crippen LogP contribution in [0.2, 0.25) is 0 Å². The van der Waals surface area contributed by atoms with Gasteiger partial charge in [0.25, 0.3) is 0 Å². The molecular weight excluding hydrogens is 194 g/mol. The lowest BCUT2D eigenvalue weighted by Gasteiger charge is -2.15. The second-order valence-electron chi connectivity index (χ2n) is 3.30. The van der Waals surface area contributed by atoms with Gasteiger partial charge in [-0.3, -0.25) is 4.79 Å². The summed E-state index contributed by atoms with van der Waals surface area (Å²) in [6, 6.07) is 6.56. The number of benzene rings is 1. The molecular formula is C11H15NO3. The molecule has 1 N–H and O–H groups in total. The molecule has 0 heterocycles. The Morgan fingerprint density at radius 3 is 2.47 bits per heavy atom. The quantitative estimate of drug-likeness (QED) is 0.458. The number of carbonyl (C=O) groups is 1.